The van der Waals surface area contributed by atoms with E-state index in [1.807, 2.05) is 146 Å². The van der Waals surface area contributed by atoms with E-state index in [2.05, 4.69) is 283 Å². The highest BCUT2D eigenvalue weighted by Crippen LogP contribution is 2.46. The molecule has 10 aromatic carbocycles. The number of aromatic nitrogens is 9. The molecule has 16 heteroatoms. The Morgan fingerprint density at radius 1 is 0.341 bits per heavy atom. The van der Waals surface area contributed by atoms with E-state index >= 15 is 0 Å². The number of hydrogen-bond donors (Lipinski definition) is 0. The van der Waals surface area contributed by atoms with Crippen LogP contribution in [-0.4, -0.2) is 43.0 Å². The normalized spacial score (nSPS) is 13.2. The number of rotatable bonds is 7. The molecule has 132 heavy (non-hydrogen) atoms. The maximum atomic E-state index is 8.11. The molecule has 1 aliphatic rings. The van der Waals surface area contributed by atoms with Gasteiger partial charge in [0.2, 0.25) is 51.3 Å². The van der Waals surface area contributed by atoms with E-state index in [-0.39, 0.29) is 6.17 Å². The van der Waals surface area contributed by atoms with Gasteiger partial charge in [-0.1, -0.05) is 166 Å². The average Bonchev–Trinajstić information content (AvgIpc) is 1.58. The second kappa shape index (κ2) is 33.4. The fraction of sp³-hybridized carbons (Fsp3) is 0.164. The van der Waals surface area contributed by atoms with Crippen LogP contribution in [0.25, 0.3) is 210 Å². The topological polar surface area (TPSA) is 152 Å². The van der Waals surface area contributed by atoms with Gasteiger partial charge < -0.3 is 31.9 Å². The Morgan fingerprint density at radius 2 is 0.712 bits per heavy atom. The summed E-state index contributed by atoms with van der Waals surface area (Å²) >= 11 is 0. The van der Waals surface area contributed by atoms with E-state index in [1.54, 1.807) is 6.07 Å². The molecular formula is C116H101N11O5+4. The van der Waals surface area contributed by atoms with Crippen molar-refractivity contribution in [1.29, 1.82) is 0 Å². The van der Waals surface area contributed by atoms with Gasteiger partial charge in [-0.2, -0.15) is 0 Å². The summed E-state index contributed by atoms with van der Waals surface area (Å²) in [5.74, 6) is 0.474. The number of para-hydroxylation sites is 5. The van der Waals surface area contributed by atoms with Gasteiger partial charge in [0.1, 0.15) is 34.4 Å². The molecule has 1 atom stereocenters. The molecule has 16 nitrogen and oxygen atoms in total. The smallest absolute Gasteiger partial charge is 0.228 e. The third kappa shape index (κ3) is 14.6. The van der Waals surface area contributed by atoms with Crippen molar-refractivity contribution in [2.75, 3.05) is 11.9 Å². The Kier molecular flexibility index (Phi) is 20.1. The monoisotopic (exact) mass is 1730 g/mol. The van der Waals surface area contributed by atoms with Crippen LogP contribution in [0.4, 0.5) is 5.69 Å². The number of hydrogen-bond acceptors (Lipinski definition) is 12. The van der Waals surface area contributed by atoms with Gasteiger partial charge in [0, 0.05) is 153 Å². The number of fused-ring (bicyclic) bond motifs is 20. The van der Waals surface area contributed by atoms with Gasteiger partial charge in [0.05, 0.1) is 55.5 Å². The quantitative estimate of drug-likeness (QED) is 0.140. The van der Waals surface area contributed by atoms with Crippen LogP contribution in [0.2, 0.25) is 0 Å². The lowest BCUT2D eigenvalue weighted by molar-refractivity contribution is -0.660. The van der Waals surface area contributed by atoms with E-state index in [0.29, 0.717) is 51.0 Å². The zero-order valence-electron chi connectivity index (χ0n) is 79.6. The summed E-state index contributed by atoms with van der Waals surface area (Å²) in [5, 5.41) is 15.5. The molecule has 0 saturated carbocycles. The van der Waals surface area contributed by atoms with Crippen molar-refractivity contribution in [3.63, 3.8) is 0 Å². The van der Waals surface area contributed by atoms with Crippen molar-refractivity contribution >= 4 is 171 Å². The van der Waals surface area contributed by atoms with Gasteiger partial charge in [-0.3, -0.25) is 0 Å². The highest BCUT2D eigenvalue weighted by atomic mass is 16.4. The van der Waals surface area contributed by atoms with Gasteiger partial charge in [-0.15, -0.1) is 0 Å². The lowest BCUT2D eigenvalue weighted by Gasteiger charge is -2.28. The largest absolute Gasteiger partial charge is 0.437 e. The van der Waals surface area contributed by atoms with E-state index < -0.39 is 6.85 Å². The molecule has 0 unspecified atom stereocenters. The zero-order valence-corrected chi connectivity index (χ0v) is 76.6. The second-order valence-electron chi connectivity index (χ2n) is 35.4. The summed E-state index contributed by atoms with van der Waals surface area (Å²) in [6.45, 7) is 19.2. The first-order chi connectivity index (χ1) is 65.3. The number of anilines is 1. The Morgan fingerprint density at radius 3 is 1.14 bits per heavy atom. The van der Waals surface area contributed by atoms with Crippen LogP contribution in [0.1, 0.15) is 87.8 Å². The van der Waals surface area contributed by atoms with Crippen molar-refractivity contribution in [2.45, 2.75) is 94.6 Å². The fourth-order valence-electron chi connectivity index (χ4n) is 18.9. The van der Waals surface area contributed by atoms with Crippen molar-refractivity contribution in [1.82, 2.24) is 29.8 Å². The highest BCUT2D eigenvalue weighted by molar-refractivity contribution is 6.17. The number of pyridine rings is 9. The van der Waals surface area contributed by atoms with E-state index in [1.165, 1.54) is 44.6 Å². The summed E-state index contributed by atoms with van der Waals surface area (Å²) in [6.07, 6.45) is 13.8. The Hall–Kier alpha value is -15.8. The molecule has 646 valence electrons. The molecule has 0 aliphatic carbocycles. The summed E-state index contributed by atoms with van der Waals surface area (Å²) < 4.78 is 64.3. The van der Waals surface area contributed by atoms with Gasteiger partial charge in [-0.05, 0) is 184 Å². The molecular weight excluding hydrogens is 1630 g/mol. The number of aryl methyl sites for hydroxylation is 12. The zero-order chi connectivity index (χ0) is 93.3. The number of benzene rings is 10. The van der Waals surface area contributed by atoms with Crippen LogP contribution < -0.4 is 23.2 Å². The molecule has 0 amide bonds. The minimum absolute atomic E-state index is 0.254. The predicted molar refractivity (Wildman–Crippen MR) is 537 cm³/mol. The fourth-order valence-corrected chi connectivity index (χ4v) is 18.9. The first-order valence-electron chi connectivity index (χ1n) is 46.5. The minimum Gasteiger partial charge on any atom is -0.437 e. The maximum absolute atomic E-state index is 8.11. The lowest BCUT2D eigenvalue weighted by Crippen LogP contribution is -2.33. The van der Waals surface area contributed by atoms with E-state index in [0.717, 1.165) is 182 Å². The van der Waals surface area contributed by atoms with Crippen LogP contribution in [0.5, 0.6) is 0 Å². The number of furan rings is 5. The highest BCUT2D eigenvalue weighted by Gasteiger charge is 2.30. The third-order valence-corrected chi connectivity index (χ3v) is 26.3. The molecule has 0 fully saturated rings. The molecule has 0 spiro atoms. The Bertz CT molecular complexity index is 8990. The molecule has 0 saturated heterocycles. The van der Waals surface area contributed by atoms with Crippen molar-refractivity contribution in [3.8, 4) is 45.0 Å². The van der Waals surface area contributed by atoms with Crippen LogP contribution in [0, 0.1) is 48.4 Å². The van der Waals surface area contributed by atoms with Crippen molar-refractivity contribution < 1.29 is 44.5 Å². The maximum Gasteiger partial charge on any atom is 0.228 e. The number of nitrogens with zero attached hydrogens (tertiary/aromatic N) is 11. The molecule has 14 aromatic heterocycles. The molecule has 1 aliphatic heterocycles. The molecule has 15 heterocycles. The molecule has 25 rings (SSSR count). The predicted octanol–water partition coefficient (Wildman–Crippen LogP) is 27.1. The Labute approximate surface area is 768 Å². The summed E-state index contributed by atoms with van der Waals surface area (Å²) in [5.41, 5.74) is 31.8. The average molecular weight is 1730 g/mol. The summed E-state index contributed by atoms with van der Waals surface area (Å²) in [6, 6.07) is 89.4. The molecule has 0 bridgehead atoms. The van der Waals surface area contributed by atoms with Crippen molar-refractivity contribution in [2.24, 2.45) is 28.2 Å². The van der Waals surface area contributed by atoms with Crippen LogP contribution in [0.3, 0.4) is 0 Å². The molecule has 24 aromatic rings. The van der Waals surface area contributed by atoms with E-state index in [9.17, 15) is 0 Å². The van der Waals surface area contributed by atoms with E-state index in [4.69, 9.17) is 46.1 Å². The van der Waals surface area contributed by atoms with Crippen LogP contribution >= 0.6 is 0 Å². The Balaban J connectivity index is 0.000000101. The summed E-state index contributed by atoms with van der Waals surface area (Å²) in [7, 11) is 10.3. The molecule has 0 N–H and O–H groups in total. The standard InChI is InChI=1S/C25H23N2O.C24H21N2O.2C23H19N2O.C21H19N3O/c1-15(2)17-11-12-27(4)22(14-17)23-16(3)9-10-19-20-13-18-7-5-6-8-21(18)26-25(20)28-24(19)23;1-4-16-11-12-26(3)21(13-16)22-15(2)9-10-18-19-14-17-7-5-6-8-20(17)25-24(19)27-23(18)22;1-14-12-15(2)21(19-10-6-7-11-25(19)3)22-20(14)17-13-16-8-4-5-9-18(16)24-23(17)26-22;1-14-10-11-25(3)20(12-14)21-15(2)8-9-17-18-13-16-6-4-5-7-19(16)24-23(18)26-22(17)21;1-13-8-9-16-17-12-15-6-4-5-7-18(15)22-21(17)25-20(16)19(13)24-11-10-23(3)14(24)2/h5-15H,1-4H3;5-14H,4H2,1-3H3;2*4-13H,1-3H3;4-12,14H,1-3H3/q4*+1;/t;;;;14-/m....0/s1/i;;1D3;;. The van der Waals surface area contributed by atoms with Crippen LogP contribution in [-0.2, 0) is 34.6 Å². The SMILES string of the molecule is CCc1cc[n+](C)c(-c2c(C)ccc3c2oc2nc4ccccc4cc23)c1.Cc1cc[n+](C)c(-c2c(C)ccc3c2oc2nc4ccccc4cc23)c1.Cc1ccc2c(oc3nc4ccccc4cc32)c1-c1cc(C(C)C)cc[n+]1C.Cc1ccc2c(oc3nc4ccccc4cc32)c1N1C=CN(C)[C@@H]1C.[2H]C([2H])([2H])c1cc(C)c(-c2cccc[n+]2C)c2oc3nc4ccccc4cc3c12. The van der Waals surface area contributed by atoms with Crippen LogP contribution in [0.15, 0.2) is 320 Å². The third-order valence-electron chi connectivity index (χ3n) is 26.3. The van der Waals surface area contributed by atoms with Gasteiger partial charge in [0.25, 0.3) is 0 Å². The minimum atomic E-state index is -2.26. The summed E-state index contributed by atoms with van der Waals surface area (Å²) in [4.78, 5) is 28.1. The first kappa shape index (κ1) is 79.6. The van der Waals surface area contributed by atoms with Crippen molar-refractivity contribution in [3.05, 3.63) is 348 Å². The lowest BCUT2D eigenvalue weighted by atomic mass is 9.97. The van der Waals surface area contributed by atoms with Gasteiger partial charge in [-0.25, -0.2) is 43.2 Å². The first-order valence-corrected chi connectivity index (χ1v) is 45.0. The van der Waals surface area contributed by atoms with Gasteiger partial charge >= 0.3 is 0 Å². The molecule has 0 radical (unpaired) electrons. The van der Waals surface area contributed by atoms with Gasteiger partial charge in [0.15, 0.2) is 52.7 Å². The second-order valence-corrected chi connectivity index (χ2v) is 35.4.